The molecule has 0 atom stereocenters. The maximum Gasteiger partial charge on any atom is 0.120 e. The summed E-state index contributed by atoms with van der Waals surface area (Å²) >= 11 is 24.2. The van der Waals surface area contributed by atoms with Crippen molar-refractivity contribution >= 4 is 52.6 Å². The smallest absolute Gasteiger partial charge is 0.120 e. The first-order valence-electron chi connectivity index (χ1n) is 8.38. The normalized spacial score (nSPS) is 11.0. The molecule has 28 heavy (non-hydrogen) atoms. The molecule has 0 aliphatic carbocycles. The lowest BCUT2D eigenvalue weighted by molar-refractivity contribution is 0.306. The van der Waals surface area contributed by atoms with Crippen molar-refractivity contribution in [3.05, 3.63) is 97.4 Å². The van der Waals surface area contributed by atoms with Gasteiger partial charge in [0.15, 0.2) is 0 Å². The highest BCUT2D eigenvalue weighted by Gasteiger charge is 2.04. The van der Waals surface area contributed by atoms with E-state index < -0.39 is 0 Å². The Morgan fingerprint density at radius 2 is 1.57 bits per heavy atom. The molecule has 0 heterocycles. The minimum absolute atomic E-state index is 0.390. The number of ether oxygens (including phenoxy) is 1. The number of rotatable bonds is 7. The van der Waals surface area contributed by atoms with Crippen LogP contribution in [-0.2, 0) is 13.2 Å². The largest absolute Gasteiger partial charge is 0.489 e. The minimum atomic E-state index is 0.390. The highest BCUT2D eigenvalue weighted by atomic mass is 35.5. The Labute approximate surface area is 183 Å². The van der Waals surface area contributed by atoms with Crippen LogP contribution in [0.25, 0.3) is 0 Å². The average Bonchev–Trinajstić information content (AvgIpc) is 2.68. The predicted octanol–water partition coefficient (Wildman–Crippen LogP) is 7.00. The molecule has 0 radical (unpaired) electrons. The zero-order valence-corrected chi connectivity index (χ0v) is 17.7. The molecule has 7 heteroatoms. The third kappa shape index (κ3) is 5.79. The summed E-state index contributed by atoms with van der Waals surface area (Å²) in [5.41, 5.74) is 5.59. The monoisotopic (exact) mass is 452 g/mol. The van der Waals surface area contributed by atoms with Crippen molar-refractivity contribution in [2.45, 2.75) is 13.2 Å². The second-order valence-electron chi connectivity index (χ2n) is 5.90. The first kappa shape index (κ1) is 20.8. The van der Waals surface area contributed by atoms with Gasteiger partial charge in [0.1, 0.15) is 12.4 Å². The van der Waals surface area contributed by atoms with Gasteiger partial charge in [0.2, 0.25) is 0 Å². The number of nitrogens with zero attached hydrogens (tertiary/aromatic N) is 1. The van der Waals surface area contributed by atoms with Crippen LogP contribution in [0.15, 0.2) is 65.8 Å². The van der Waals surface area contributed by atoms with E-state index in [1.165, 1.54) is 0 Å². The summed E-state index contributed by atoms with van der Waals surface area (Å²) in [6, 6.07) is 18.4. The van der Waals surface area contributed by atoms with Crippen LogP contribution in [-0.4, -0.2) is 6.21 Å². The molecule has 0 saturated carbocycles. The van der Waals surface area contributed by atoms with Crippen LogP contribution in [0.3, 0.4) is 0 Å². The van der Waals surface area contributed by atoms with Crippen LogP contribution in [0.5, 0.6) is 5.75 Å². The van der Waals surface area contributed by atoms with Crippen LogP contribution < -0.4 is 10.2 Å². The second-order valence-corrected chi connectivity index (χ2v) is 7.53. The summed E-state index contributed by atoms with van der Waals surface area (Å²) < 4.78 is 5.82. The van der Waals surface area contributed by atoms with Crippen LogP contribution in [0.4, 0.5) is 0 Å². The van der Waals surface area contributed by atoms with Crippen molar-refractivity contribution in [2.24, 2.45) is 5.10 Å². The maximum absolute atomic E-state index is 6.14. The standard InChI is InChI=1S/C21H16Cl4N2O/c22-18-5-2-6-19(23)17(18)12-27-26-11-14-3-1-4-16(9-14)28-13-15-7-8-20(24)21(25)10-15/h1-11,27H,12-13H2/b26-11-. The topological polar surface area (TPSA) is 33.6 Å². The highest BCUT2D eigenvalue weighted by Crippen LogP contribution is 2.24. The van der Waals surface area contributed by atoms with E-state index in [2.05, 4.69) is 10.5 Å². The molecule has 0 spiro atoms. The molecule has 144 valence electrons. The third-order valence-electron chi connectivity index (χ3n) is 3.87. The van der Waals surface area contributed by atoms with Gasteiger partial charge in [-0.25, -0.2) is 0 Å². The molecule has 3 aromatic rings. The molecule has 0 bridgehead atoms. The summed E-state index contributed by atoms with van der Waals surface area (Å²) in [7, 11) is 0. The van der Waals surface area contributed by atoms with Crippen molar-refractivity contribution in [1.82, 2.24) is 5.43 Å². The maximum atomic E-state index is 6.14. The van der Waals surface area contributed by atoms with E-state index in [-0.39, 0.29) is 0 Å². The number of hydrogen-bond acceptors (Lipinski definition) is 3. The quantitative estimate of drug-likeness (QED) is 0.308. The van der Waals surface area contributed by atoms with Gasteiger partial charge in [0.25, 0.3) is 0 Å². The molecule has 0 amide bonds. The zero-order valence-electron chi connectivity index (χ0n) is 14.6. The molecule has 3 rings (SSSR count). The Morgan fingerprint density at radius 1 is 0.821 bits per heavy atom. The predicted molar refractivity (Wildman–Crippen MR) is 118 cm³/mol. The third-order valence-corrected chi connectivity index (χ3v) is 5.32. The molecule has 0 aliphatic heterocycles. The average molecular weight is 454 g/mol. The van der Waals surface area contributed by atoms with E-state index >= 15 is 0 Å². The van der Waals surface area contributed by atoms with Crippen molar-refractivity contribution in [3.8, 4) is 5.75 Å². The Morgan fingerprint density at radius 3 is 2.32 bits per heavy atom. The van der Waals surface area contributed by atoms with Crippen LogP contribution in [0.2, 0.25) is 20.1 Å². The molecule has 0 saturated heterocycles. The van der Waals surface area contributed by atoms with Crippen LogP contribution in [0, 0.1) is 0 Å². The van der Waals surface area contributed by atoms with E-state index in [4.69, 9.17) is 51.1 Å². The number of benzene rings is 3. The first-order chi connectivity index (χ1) is 13.5. The SMILES string of the molecule is Clc1ccc(COc2cccc(/C=N\NCc3c(Cl)cccc3Cl)c2)cc1Cl. The van der Waals surface area contributed by atoms with Gasteiger partial charge in [-0.15, -0.1) is 0 Å². The molecule has 1 N–H and O–H groups in total. The number of hydrogen-bond donors (Lipinski definition) is 1. The second kappa shape index (κ2) is 10.0. The van der Waals surface area contributed by atoms with E-state index in [1.807, 2.05) is 30.3 Å². The minimum Gasteiger partial charge on any atom is -0.489 e. The molecule has 0 fully saturated rings. The molecular weight excluding hydrogens is 438 g/mol. The van der Waals surface area contributed by atoms with Gasteiger partial charge >= 0.3 is 0 Å². The van der Waals surface area contributed by atoms with E-state index in [0.29, 0.717) is 33.2 Å². The fourth-order valence-corrected chi connectivity index (χ4v) is 3.28. The van der Waals surface area contributed by atoms with Gasteiger partial charge < -0.3 is 10.2 Å². The fourth-order valence-electron chi connectivity index (χ4n) is 2.43. The summed E-state index contributed by atoms with van der Waals surface area (Å²) in [5, 5.41) is 6.46. The van der Waals surface area contributed by atoms with Gasteiger partial charge in [-0.2, -0.15) is 5.10 Å². The summed E-state index contributed by atoms with van der Waals surface area (Å²) in [6.07, 6.45) is 1.71. The van der Waals surface area contributed by atoms with Crippen molar-refractivity contribution in [2.75, 3.05) is 0 Å². The molecule has 0 aromatic heterocycles. The lowest BCUT2D eigenvalue weighted by atomic mass is 10.2. The van der Waals surface area contributed by atoms with E-state index in [9.17, 15) is 0 Å². The Bertz CT molecular complexity index is 972. The van der Waals surface area contributed by atoms with Crippen LogP contribution >= 0.6 is 46.4 Å². The number of nitrogens with one attached hydrogen (secondary N) is 1. The Hall–Kier alpha value is -1.91. The Balaban J connectivity index is 1.57. The lowest BCUT2D eigenvalue weighted by Crippen LogP contribution is -2.06. The number of halogens is 4. The number of hydrazone groups is 1. The van der Waals surface area contributed by atoms with Crippen LogP contribution in [0.1, 0.15) is 16.7 Å². The van der Waals surface area contributed by atoms with Crippen molar-refractivity contribution < 1.29 is 4.74 Å². The summed E-state index contributed by atoms with van der Waals surface area (Å²) in [4.78, 5) is 0. The van der Waals surface area contributed by atoms with E-state index in [1.54, 1.807) is 36.5 Å². The summed E-state index contributed by atoms with van der Waals surface area (Å²) in [6.45, 7) is 0.823. The van der Waals surface area contributed by atoms with Gasteiger partial charge in [-0.3, -0.25) is 0 Å². The van der Waals surface area contributed by atoms with Gasteiger partial charge in [0.05, 0.1) is 22.8 Å². The first-order valence-corrected chi connectivity index (χ1v) is 9.90. The van der Waals surface area contributed by atoms with Crippen molar-refractivity contribution in [3.63, 3.8) is 0 Å². The van der Waals surface area contributed by atoms with Gasteiger partial charge in [-0.05, 0) is 47.5 Å². The fraction of sp³-hybridized carbons (Fsp3) is 0.0952. The molecule has 3 nitrogen and oxygen atoms in total. The van der Waals surface area contributed by atoms with E-state index in [0.717, 1.165) is 22.4 Å². The van der Waals surface area contributed by atoms with Gasteiger partial charge in [-0.1, -0.05) is 70.7 Å². The molecular formula is C21H16Cl4N2O. The lowest BCUT2D eigenvalue weighted by Gasteiger charge is -2.08. The van der Waals surface area contributed by atoms with Gasteiger partial charge in [0, 0.05) is 15.6 Å². The van der Waals surface area contributed by atoms with Crippen molar-refractivity contribution in [1.29, 1.82) is 0 Å². The molecule has 3 aromatic carbocycles. The zero-order chi connectivity index (χ0) is 19.9. The highest BCUT2D eigenvalue weighted by molar-refractivity contribution is 6.42. The summed E-state index contributed by atoms with van der Waals surface area (Å²) in [5.74, 6) is 0.726. The molecule has 0 aliphatic rings. The Kier molecular flexibility index (Phi) is 7.46. The molecule has 0 unspecified atom stereocenters.